The van der Waals surface area contributed by atoms with Crippen LogP contribution < -0.4 is 29.1 Å². The van der Waals surface area contributed by atoms with Gasteiger partial charge in [0, 0.05) is 99.9 Å². The molecule has 0 bridgehead atoms. The Hall–Kier alpha value is -6.81. The lowest BCUT2D eigenvalue weighted by atomic mass is 9.59. The molecule has 2 atom stereocenters. The minimum atomic E-state index is -4.61. The Kier molecular flexibility index (Phi) is 14.4. The molecule has 2 aromatic heterocycles. The maximum Gasteiger partial charge on any atom is 0.293 e. The molecule has 394 valence electrons. The van der Waals surface area contributed by atoms with E-state index in [0.29, 0.717) is 49.8 Å². The number of carbonyl (C=O) groups excluding carboxylic acids is 1. The van der Waals surface area contributed by atoms with Crippen LogP contribution in [0.3, 0.4) is 0 Å². The van der Waals surface area contributed by atoms with Crippen molar-refractivity contribution in [2.45, 2.75) is 61.4 Å². The number of carbonyl (C=O) groups is 1. The van der Waals surface area contributed by atoms with Gasteiger partial charge in [0.2, 0.25) is 0 Å². The van der Waals surface area contributed by atoms with E-state index in [1.807, 2.05) is 30.3 Å². The number of sulfonamides is 1. The van der Waals surface area contributed by atoms with Gasteiger partial charge in [-0.05, 0) is 91.3 Å². The van der Waals surface area contributed by atoms with Gasteiger partial charge in [-0.3, -0.25) is 29.6 Å². The number of rotatable bonds is 17. The van der Waals surface area contributed by atoms with Crippen molar-refractivity contribution < 1.29 is 41.8 Å². The van der Waals surface area contributed by atoms with Gasteiger partial charge in [0.25, 0.3) is 21.6 Å². The number of fused-ring (bicyclic) bond motifs is 1. The van der Waals surface area contributed by atoms with Crippen LogP contribution in [0.2, 0.25) is 0 Å². The highest BCUT2D eigenvalue weighted by atomic mass is 32.2. The SMILES string of the molecule is COc1ccc(CN2CCN(C3CC4(CCN(c5ccc(C(=O)NS(=O)(=O)c6ccc(NC[C@H]7CN(C8COC8)CCO7)c([N+](=O)[O-])c6)c(Oc6cnc7[nH]ccc7c6)c5)CC4)C3)C(c3ccccc3OC)C2)cc1. The van der Waals surface area contributed by atoms with Crippen LogP contribution >= 0.6 is 0 Å². The summed E-state index contributed by atoms with van der Waals surface area (Å²) in [4.78, 5) is 42.7. The van der Waals surface area contributed by atoms with E-state index in [1.165, 1.54) is 29.5 Å². The highest BCUT2D eigenvalue weighted by Crippen LogP contribution is 2.53. The number of anilines is 2. The van der Waals surface area contributed by atoms with E-state index >= 15 is 0 Å². The van der Waals surface area contributed by atoms with E-state index in [9.17, 15) is 23.3 Å². The summed E-state index contributed by atoms with van der Waals surface area (Å²) in [7, 11) is -1.17. The van der Waals surface area contributed by atoms with E-state index in [0.717, 1.165) is 100 Å². The Labute approximate surface area is 436 Å². The Bertz CT molecular complexity index is 3140. The summed E-state index contributed by atoms with van der Waals surface area (Å²) in [5.74, 6) is 1.29. The van der Waals surface area contributed by atoms with E-state index < -0.39 is 31.4 Å². The molecule has 11 rings (SSSR count). The number of piperazine rings is 1. The van der Waals surface area contributed by atoms with Gasteiger partial charge in [0.15, 0.2) is 0 Å². The number of benzene rings is 4. The first-order valence-corrected chi connectivity index (χ1v) is 27.2. The number of H-pyrrole nitrogens is 1. The third kappa shape index (κ3) is 10.9. The van der Waals surface area contributed by atoms with Gasteiger partial charge in [-0.2, -0.15) is 0 Å². The van der Waals surface area contributed by atoms with Crippen molar-refractivity contribution in [1.82, 2.24) is 29.4 Å². The van der Waals surface area contributed by atoms with Gasteiger partial charge in [-0.25, -0.2) is 18.1 Å². The smallest absolute Gasteiger partial charge is 0.293 e. The van der Waals surface area contributed by atoms with Crippen LogP contribution in [-0.4, -0.2) is 149 Å². The van der Waals surface area contributed by atoms with Crippen molar-refractivity contribution in [3.63, 3.8) is 0 Å². The van der Waals surface area contributed by atoms with Crippen LogP contribution in [0.5, 0.6) is 23.0 Å². The zero-order valence-corrected chi connectivity index (χ0v) is 43.0. The standard InChI is InChI=1S/C55H63N9O10S/c1-70-42-10-7-37(8-11-42)32-60-21-22-63(50(34-60)46-5-3-4-6-51(46)71-2)40-28-55(29-40)16-19-61(20-17-55)39-9-13-47(52(26-39)74-43-25-38-15-18-56-53(38)58-30-43)54(65)59-75(68,69)45-12-14-48(49(27-45)64(66)67)57-31-44-33-62(23-24-73-44)41-35-72-36-41/h3-15,18,25-27,30,40-41,44,50,57H,16-17,19-24,28-29,31-36H2,1-2H3,(H,56,58)(H,59,65)/t44-,50?/m0/s1. The highest BCUT2D eigenvalue weighted by molar-refractivity contribution is 7.90. The zero-order valence-electron chi connectivity index (χ0n) is 42.2. The number of hydrogen-bond acceptors (Lipinski definition) is 16. The minimum absolute atomic E-state index is 0.0386. The molecule has 19 nitrogen and oxygen atoms in total. The van der Waals surface area contributed by atoms with Gasteiger partial charge in [0.1, 0.15) is 34.3 Å². The third-order valence-electron chi connectivity index (χ3n) is 15.9. The van der Waals surface area contributed by atoms with E-state index in [-0.39, 0.29) is 41.1 Å². The molecule has 0 radical (unpaired) electrons. The number of amides is 1. The molecule has 5 fully saturated rings. The number of nitro groups is 1. The molecule has 5 aliphatic rings. The van der Waals surface area contributed by atoms with Crippen LogP contribution in [0, 0.1) is 15.5 Å². The number of pyridine rings is 1. The quantitative estimate of drug-likeness (QED) is 0.0609. The topological polar surface area (TPSA) is 206 Å². The summed E-state index contributed by atoms with van der Waals surface area (Å²) in [6, 6.07) is 30.0. The fourth-order valence-electron chi connectivity index (χ4n) is 11.6. The molecule has 1 saturated carbocycles. The third-order valence-corrected chi connectivity index (χ3v) is 17.2. The van der Waals surface area contributed by atoms with Gasteiger partial charge in [-0.15, -0.1) is 0 Å². The van der Waals surface area contributed by atoms with Gasteiger partial charge >= 0.3 is 0 Å². The molecule has 1 amide bonds. The van der Waals surface area contributed by atoms with Gasteiger partial charge < -0.3 is 38.9 Å². The highest BCUT2D eigenvalue weighted by Gasteiger charge is 2.50. The van der Waals surface area contributed by atoms with E-state index in [1.54, 1.807) is 38.6 Å². The van der Waals surface area contributed by atoms with Crippen molar-refractivity contribution in [3.8, 4) is 23.0 Å². The van der Waals surface area contributed by atoms with Gasteiger partial charge in [-0.1, -0.05) is 30.3 Å². The Morgan fingerprint density at radius 1 is 0.880 bits per heavy atom. The number of ether oxygens (including phenoxy) is 5. The fourth-order valence-corrected chi connectivity index (χ4v) is 12.6. The average Bonchev–Trinajstić information content (AvgIpc) is 3.87. The maximum atomic E-state index is 14.1. The molecule has 75 heavy (non-hydrogen) atoms. The number of morpholine rings is 1. The van der Waals surface area contributed by atoms with Crippen LogP contribution in [-0.2, 0) is 26.0 Å². The first-order chi connectivity index (χ1) is 36.4. The molecular weight excluding hydrogens is 979 g/mol. The summed E-state index contributed by atoms with van der Waals surface area (Å²) in [6.45, 7) is 8.81. The lowest BCUT2D eigenvalue weighted by molar-refractivity contribution is -0.384. The largest absolute Gasteiger partial charge is 0.497 e. The van der Waals surface area contributed by atoms with E-state index in [2.05, 4.69) is 69.9 Å². The molecule has 1 aliphatic carbocycles. The number of aromatic amines is 1. The van der Waals surface area contributed by atoms with Crippen LogP contribution in [0.15, 0.2) is 114 Å². The molecule has 4 aliphatic heterocycles. The Morgan fingerprint density at radius 3 is 2.45 bits per heavy atom. The number of piperidine rings is 1. The Morgan fingerprint density at radius 2 is 1.69 bits per heavy atom. The average molecular weight is 1040 g/mol. The number of nitrogens with one attached hydrogen (secondary N) is 3. The van der Waals surface area contributed by atoms with E-state index in [4.69, 9.17) is 23.7 Å². The number of methoxy groups -OCH3 is 2. The van der Waals surface area contributed by atoms with Crippen LogP contribution in [0.1, 0.15) is 53.2 Å². The first-order valence-electron chi connectivity index (χ1n) is 25.7. The second-order valence-electron chi connectivity index (χ2n) is 20.4. The molecule has 4 aromatic carbocycles. The molecule has 4 saturated heterocycles. The Balaban J connectivity index is 0.769. The molecular formula is C55H63N9O10S. The number of aromatic nitrogens is 2. The molecule has 6 heterocycles. The normalized spacial score (nSPS) is 20.8. The fraction of sp³-hybridized carbons (Fsp3) is 0.418. The number of nitro benzene ring substituents is 1. The number of para-hydroxylation sites is 1. The summed E-state index contributed by atoms with van der Waals surface area (Å²) < 4.78 is 58.9. The maximum absolute atomic E-state index is 14.1. The zero-order chi connectivity index (χ0) is 51.7. The lowest BCUT2D eigenvalue weighted by Crippen LogP contribution is -2.59. The van der Waals surface area contributed by atoms with Gasteiger partial charge in [0.05, 0.1) is 73.8 Å². The molecule has 20 heteroatoms. The van der Waals surface area contributed by atoms with Crippen LogP contribution in [0.4, 0.5) is 17.1 Å². The molecule has 1 unspecified atom stereocenters. The second-order valence-corrected chi connectivity index (χ2v) is 22.1. The first kappa shape index (κ1) is 50.4. The van der Waals surface area contributed by atoms with Crippen LogP contribution in [0.25, 0.3) is 11.0 Å². The monoisotopic (exact) mass is 1040 g/mol. The summed E-state index contributed by atoms with van der Waals surface area (Å²) in [6.07, 6.45) is 7.27. The second kappa shape index (κ2) is 21.4. The summed E-state index contributed by atoms with van der Waals surface area (Å²) in [5.41, 5.74) is 3.80. The number of hydrogen-bond donors (Lipinski definition) is 3. The summed E-state index contributed by atoms with van der Waals surface area (Å²) >= 11 is 0. The van der Waals surface area contributed by atoms with Crippen molar-refractivity contribution in [3.05, 3.63) is 136 Å². The van der Waals surface area contributed by atoms with Crippen molar-refractivity contribution in [2.24, 2.45) is 5.41 Å². The lowest BCUT2D eigenvalue weighted by Gasteiger charge is -2.58. The van der Waals surface area contributed by atoms with Crippen molar-refractivity contribution in [2.75, 3.05) is 96.6 Å². The molecule has 3 N–H and O–H groups in total. The molecule has 1 spiro atoms. The predicted molar refractivity (Wildman–Crippen MR) is 282 cm³/mol. The summed E-state index contributed by atoms with van der Waals surface area (Å²) in [5, 5.41) is 16.2. The predicted octanol–water partition coefficient (Wildman–Crippen LogP) is 7.22. The van der Waals surface area contributed by atoms with Crippen molar-refractivity contribution >= 4 is 44.0 Å². The minimum Gasteiger partial charge on any atom is -0.497 e. The van der Waals surface area contributed by atoms with Crippen molar-refractivity contribution in [1.29, 1.82) is 0 Å². The molecule has 6 aromatic rings. The number of nitrogens with zero attached hydrogens (tertiary/aromatic N) is 6.